The number of benzene rings is 1. The Morgan fingerprint density at radius 2 is 2.00 bits per heavy atom. The first-order valence-corrected chi connectivity index (χ1v) is 6.00. The van der Waals surface area contributed by atoms with Gasteiger partial charge in [-0.2, -0.15) is 0 Å². The van der Waals surface area contributed by atoms with Crippen molar-refractivity contribution in [3.63, 3.8) is 0 Å². The summed E-state index contributed by atoms with van der Waals surface area (Å²) in [7, 11) is 0. The second kappa shape index (κ2) is 5.32. The monoisotopic (exact) mass is 282 g/mol. The molecule has 16 heavy (non-hydrogen) atoms. The van der Waals surface area contributed by atoms with Gasteiger partial charge < -0.3 is 10.2 Å². The van der Waals surface area contributed by atoms with E-state index in [2.05, 4.69) is 26.6 Å². The van der Waals surface area contributed by atoms with Gasteiger partial charge in [-0.1, -0.05) is 12.1 Å². The zero-order valence-electron chi connectivity index (χ0n) is 8.82. The molecule has 0 saturated carbocycles. The maximum absolute atomic E-state index is 11.9. The van der Waals surface area contributed by atoms with Gasteiger partial charge >= 0.3 is 6.03 Å². The second-order valence-electron chi connectivity index (χ2n) is 3.57. The Morgan fingerprint density at radius 1 is 1.31 bits per heavy atom. The number of carbonyl (C=O) groups is 1. The Hall–Kier alpha value is -1.07. The highest BCUT2D eigenvalue weighted by molar-refractivity contribution is 9.10. The Morgan fingerprint density at radius 3 is 2.69 bits per heavy atom. The van der Waals surface area contributed by atoms with Crippen molar-refractivity contribution in [2.24, 2.45) is 0 Å². The normalized spacial score (nSPS) is 15.9. The molecule has 1 heterocycles. The van der Waals surface area contributed by atoms with Crippen LogP contribution in [-0.4, -0.2) is 37.1 Å². The molecule has 5 heteroatoms. The van der Waals surface area contributed by atoms with E-state index in [1.165, 1.54) is 0 Å². The van der Waals surface area contributed by atoms with Crippen LogP contribution in [0.4, 0.5) is 10.5 Å². The lowest BCUT2D eigenvalue weighted by molar-refractivity contribution is 0.203. The molecule has 0 atom stereocenters. The summed E-state index contributed by atoms with van der Waals surface area (Å²) in [5.74, 6) is 0. The van der Waals surface area contributed by atoms with Crippen LogP contribution in [0.15, 0.2) is 28.7 Å². The van der Waals surface area contributed by atoms with E-state index in [-0.39, 0.29) is 6.03 Å². The van der Waals surface area contributed by atoms with Crippen molar-refractivity contribution < 1.29 is 4.79 Å². The summed E-state index contributed by atoms with van der Waals surface area (Å²) in [6.45, 7) is 2.89. The van der Waals surface area contributed by atoms with Crippen molar-refractivity contribution in [3.05, 3.63) is 28.7 Å². The third-order valence-corrected chi connectivity index (χ3v) is 3.15. The summed E-state index contributed by atoms with van der Waals surface area (Å²) in [6, 6.07) is 7.53. The minimum atomic E-state index is -0.0539. The molecule has 1 N–H and O–H groups in total. The van der Waals surface area contributed by atoms with E-state index < -0.39 is 0 Å². The number of halogens is 1. The number of para-hydroxylation sites is 1. The standard InChI is InChI=1S/C11H13BrN3O/c12-9-3-1-2-4-10(9)14-11(16)15-7-5-13-6-8-15/h1-4H,5-8H2,(H,14,16). The maximum atomic E-state index is 11.9. The molecule has 0 spiro atoms. The summed E-state index contributed by atoms with van der Waals surface area (Å²) >= 11 is 3.40. The van der Waals surface area contributed by atoms with Gasteiger partial charge in [0, 0.05) is 30.7 Å². The van der Waals surface area contributed by atoms with E-state index in [9.17, 15) is 4.79 Å². The quantitative estimate of drug-likeness (QED) is 0.840. The van der Waals surface area contributed by atoms with Gasteiger partial charge in [0.2, 0.25) is 0 Å². The van der Waals surface area contributed by atoms with Gasteiger partial charge in [0.1, 0.15) is 0 Å². The number of urea groups is 1. The van der Waals surface area contributed by atoms with Crippen LogP contribution in [0.1, 0.15) is 0 Å². The van der Waals surface area contributed by atoms with Crippen molar-refractivity contribution >= 4 is 27.6 Å². The zero-order valence-corrected chi connectivity index (χ0v) is 10.4. The second-order valence-corrected chi connectivity index (χ2v) is 4.42. The molecule has 1 saturated heterocycles. The van der Waals surface area contributed by atoms with Gasteiger partial charge in [0.05, 0.1) is 5.69 Å². The Labute approximate surface area is 103 Å². The lowest BCUT2D eigenvalue weighted by Crippen LogP contribution is -2.45. The molecule has 0 bridgehead atoms. The molecule has 0 aliphatic carbocycles. The minimum Gasteiger partial charge on any atom is -0.322 e. The minimum absolute atomic E-state index is 0.0539. The van der Waals surface area contributed by atoms with Gasteiger partial charge in [0.15, 0.2) is 0 Å². The van der Waals surface area contributed by atoms with Crippen LogP contribution in [0, 0.1) is 0 Å². The van der Waals surface area contributed by atoms with E-state index in [1.54, 1.807) is 4.90 Å². The van der Waals surface area contributed by atoms with E-state index in [0.717, 1.165) is 23.2 Å². The van der Waals surface area contributed by atoms with E-state index in [1.807, 2.05) is 24.3 Å². The van der Waals surface area contributed by atoms with Crippen LogP contribution in [-0.2, 0) is 0 Å². The van der Waals surface area contributed by atoms with Gasteiger partial charge in [-0.25, -0.2) is 10.1 Å². The topological polar surface area (TPSA) is 46.4 Å². The zero-order chi connectivity index (χ0) is 11.4. The van der Waals surface area contributed by atoms with Crippen LogP contribution in [0.2, 0.25) is 0 Å². The molecule has 2 amide bonds. The Balaban J connectivity index is 1.99. The molecule has 4 nitrogen and oxygen atoms in total. The predicted molar refractivity (Wildman–Crippen MR) is 66.6 cm³/mol. The fraction of sp³-hybridized carbons (Fsp3) is 0.364. The van der Waals surface area contributed by atoms with Crippen molar-refractivity contribution in [2.75, 3.05) is 31.5 Å². The Kier molecular flexibility index (Phi) is 3.79. The highest BCUT2D eigenvalue weighted by Gasteiger charge is 2.16. The average Bonchev–Trinajstić information content (AvgIpc) is 2.33. The molecule has 0 unspecified atom stereocenters. The summed E-state index contributed by atoms with van der Waals surface area (Å²) in [5.41, 5.74) is 0.801. The molecule has 1 fully saturated rings. The first kappa shape index (κ1) is 11.4. The van der Waals surface area contributed by atoms with Crippen LogP contribution in [0.5, 0.6) is 0 Å². The lowest BCUT2D eigenvalue weighted by Gasteiger charge is -2.26. The molecule has 1 aliphatic heterocycles. The fourth-order valence-corrected chi connectivity index (χ4v) is 1.95. The first-order valence-electron chi connectivity index (χ1n) is 5.21. The molecule has 1 aromatic carbocycles. The molecular weight excluding hydrogens is 270 g/mol. The molecule has 85 valence electrons. The summed E-state index contributed by atoms with van der Waals surface area (Å²) in [6.07, 6.45) is 0. The summed E-state index contributed by atoms with van der Waals surface area (Å²) < 4.78 is 0.894. The Bertz CT molecular complexity index is 377. The molecule has 0 aromatic heterocycles. The molecule has 1 radical (unpaired) electrons. The number of amides is 2. The summed E-state index contributed by atoms with van der Waals surface area (Å²) in [5, 5.41) is 7.08. The number of rotatable bonds is 1. The molecule has 1 aliphatic rings. The number of carbonyl (C=O) groups excluding carboxylic acids is 1. The number of anilines is 1. The van der Waals surface area contributed by atoms with Crippen molar-refractivity contribution in [3.8, 4) is 0 Å². The number of piperazine rings is 1. The molecule has 2 rings (SSSR count). The molecule has 1 aromatic rings. The van der Waals surface area contributed by atoms with Crippen LogP contribution in [0.3, 0.4) is 0 Å². The smallest absolute Gasteiger partial charge is 0.321 e. The van der Waals surface area contributed by atoms with Crippen LogP contribution < -0.4 is 10.6 Å². The van der Waals surface area contributed by atoms with E-state index in [4.69, 9.17) is 0 Å². The van der Waals surface area contributed by atoms with Gasteiger partial charge in [-0.15, -0.1) is 0 Å². The van der Waals surface area contributed by atoms with Crippen LogP contribution in [0.25, 0.3) is 0 Å². The SMILES string of the molecule is O=C(Nc1ccccc1Br)N1CC[N]CC1. The van der Waals surface area contributed by atoms with Crippen molar-refractivity contribution in [2.45, 2.75) is 0 Å². The predicted octanol–water partition coefficient (Wildman–Crippen LogP) is 1.90. The van der Waals surface area contributed by atoms with E-state index in [0.29, 0.717) is 13.1 Å². The highest BCUT2D eigenvalue weighted by atomic mass is 79.9. The largest absolute Gasteiger partial charge is 0.322 e. The highest BCUT2D eigenvalue weighted by Crippen LogP contribution is 2.21. The maximum Gasteiger partial charge on any atom is 0.321 e. The molecular formula is C11H13BrN3O. The van der Waals surface area contributed by atoms with E-state index >= 15 is 0 Å². The van der Waals surface area contributed by atoms with Gasteiger partial charge in [-0.05, 0) is 28.1 Å². The number of nitrogens with one attached hydrogen (secondary N) is 1. The van der Waals surface area contributed by atoms with Gasteiger partial charge in [-0.3, -0.25) is 0 Å². The van der Waals surface area contributed by atoms with Gasteiger partial charge in [0.25, 0.3) is 0 Å². The van der Waals surface area contributed by atoms with Crippen molar-refractivity contribution in [1.29, 1.82) is 0 Å². The number of hydrogen-bond donors (Lipinski definition) is 1. The van der Waals surface area contributed by atoms with Crippen LogP contribution >= 0.6 is 15.9 Å². The average molecular weight is 283 g/mol. The third-order valence-electron chi connectivity index (χ3n) is 2.46. The summed E-state index contributed by atoms with van der Waals surface area (Å²) in [4.78, 5) is 13.7. The number of hydrogen-bond acceptors (Lipinski definition) is 1. The third kappa shape index (κ3) is 2.74. The fourth-order valence-electron chi connectivity index (χ4n) is 1.57. The van der Waals surface area contributed by atoms with Crippen molar-refractivity contribution in [1.82, 2.24) is 10.2 Å². The number of nitrogens with zero attached hydrogens (tertiary/aromatic N) is 2. The first-order chi connectivity index (χ1) is 7.77. The lowest BCUT2D eigenvalue weighted by atomic mass is 10.3.